The van der Waals surface area contributed by atoms with Crippen LogP contribution in [0.25, 0.3) is 22.3 Å². The number of aromatic nitrogens is 3. The van der Waals surface area contributed by atoms with E-state index in [0.29, 0.717) is 18.2 Å². The van der Waals surface area contributed by atoms with Crippen LogP contribution in [-0.4, -0.2) is 45.4 Å². The van der Waals surface area contributed by atoms with Gasteiger partial charge < -0.3 is 10.2 Å². The van der Waals surface area contributed by atoms with Crippen molar-refractivity contribution in [1.82, 2.24) is 19.9 Å². The number of anilines is 1. The first-order chi connectivity index (χ1) is 13.8. The number of hydrogen-bond acceptors (Lipinski definition) is 5. The number of rotatable bonds is 6. The average Bonchev–Trinajstić information content (AvgIpc) is 2.95. The van der Waals surface area contributed by atoms with E-state index in [4.69, 9.17) is 4.98 Å². The van der Waals surface area contributed by atoms with Crippen molar-refractivity contribution >= 4 is 22.6 Å². The predicted molar refractivity (Wildman–Crippen MR) is 111 cm³/mol. The maximum absolute atomic E-state index is 12.1. The Hall–Kier alpha value is -3.02. The number of fused-ring (bicyclic) bond motifs is 1. The van der Waals surface area contributed by atoms with Crippen molar-refractivity contribution in [2.45, 2.75) is 32.1 Å². The summed E-state index contributed by atoms with van der Waals surface area (Å²) in [6.45, 7) is 2.45. The fraction of sp³-hybridized carbons (Fsp3) is 0.364. The Morgan fingerprint density at radius 2 is 1.96 bits per heavy atom. The Morgan fingerprint density at radius 3 is 2.86 bits per heavy atom. The van der Waals surface area contributed by atoms with Crippen molar-refractivity contribution < 1.29 is 4.79 Å². The molecule has 3 heterocycles. The summed E-state index contributed by atoms with van der Waals surface area (Å²) >= 11 is 0. The largest absolute Gasteiger partial charge is 0.369 e. The minimum absolute atomic E-state index is 0.295. The van der Waals surface area contributed by atoms with E-state index in [2.05, 4.69) is 15.3 Å². The fourth-order valence-corrected chi connectivity index (χ4v) is 3.59. The van der Waals surface area contributed by atoms with Gasteiger partial charge in [-0.2, -0.15) is 0 Å². The van der Waals surface area contributed by atoms with E-state index in [1.807, 2.05) is 41.3 Å². The molecule has 1 saturated heterocycles. The highest BCUT2D eigenvalue weighted by Crippen LogP contribution is 2.24. The highest BCUT2D eigenvalue weighted by Gasteiger charge is 2.16. The molecule has 0 unspecified atom stereocenters. The average molecular weight is 375 g/mol. The van der Waals surface area contributed by atoms with Gasteiger partial charge in [-0.1, -0.05) is 18.6 Å². The zero-order valence-corrected chi connectivity index (χ0v) is 16.0. The van der Waals surface area contributed by atoms with Gasteiger partial charge in [-0.25, -0.2) is 9.97 Å². The van der Waals surface area contributed by atoms with Crippen molar-refractivity contribution in [2.75, 3.05) is 25.0 Å². The summed E-state index contributed by atoms with van der Waals surface area (Å²) in [5.74, 6) is 1.78. The molecule has 28 heavy (non-hydrogen) atoms. The molecule has 0 bridgehead atoms. The second kappa shape index (κ2) is 8.78. The lowest BCUT2D eigenvalue weighted by atomic mass is 10.2. The van der Waals surface area contributed by atoms with E-state index in [0.717, 1.165) is 67.6 Å². The van der Waals surface area contributed by atoms with Gasteiger partial charge in [0.2, 0.25) is 5.91 Å². The molecule has 0 spiro atoms. The van der Waals surface area contributed by atoms with Gasteiger partial charge in [0, 0.05) is 49.4 Å². The van der Waals surface area contributed by atoms with Gasteiger partial charge in [-0.3, -0.25) is 9.78 Å². The second-order valence-corrected chi connectivity index (χ2v) is 7.13. The molecule has 6 nitrogen and oxygen atoms in total. The molecule has 1 amide bonds. The number of nitrogens with zero attached hydrogens (tertiary/aromatic N) is 4. The summed E-state index contributed by atoms with van der Waals surface area (Å²) < 4.78 is 0. The molecule has 1 aromatic carbocycles. The van der Waals surface area contributed by atoms with Crippen LogP contribution in [-0.2, 0) is 4.79 Å². The van der Waals surface area contributed by atoms with Crippen molar-refractivity contribution in [1.29, 1.82) is 0 Å². The van der Waals surface area contributed by atoms with Gasteiger partial charge in [-0.05, 0) is 43.5 Å². The van der Waals surface area contributed by atoms with Crippen LogP contribution in [0.3, 0.4) is 0 Å². The number of benzene rings is 1. The lowest BCUT2D eigenvalue weighted by Gasteiger charge is -2.20. The van der Waals surface area contributed by atoms with Crippen LogP contribution in [0.4, 0.5) is 5.82 Å². The molecule has 6 heteroatoms. The molecule has 0 aliphatic carbocycles. The second-order valence-electron chi connectivity index (χ2n) is 7.13. The van der Waals surface area contributed by atoms with Gasteiger partial charge in [0.1, 0.15) is 5.82 Å². The van der Waals surface area contributed by atoms with E-state index in [1.165, 1.54) is 0 Å². The number of hydrogen-bond donors (Lipinski definition) is 1. The number of amides is 1. The predicted octanol–water partition coefficient (Wildman–Crippen LogP) is 3.90. The Bertz CT molecular complexity index is 944. The van der Waals surface area contributed by atoms with E-state index in [1.54, 1.807) is 12.4 Å². The third kappa shape index (κ3) is 4.27. The van der Waals surface area contributed by atoms with Crippen LogP contribution in [0.1, 0.15) is 32.1 Å². The molecule has 2 aromatic heterocycles. The quantitative estimate of drug-likeness (QED) is 0.662. The minimum Gasteiger partial charge on any atom is -0.369 e. The van der Waals surface area contributed by atoms with Crippen LogP contribution >= 0.6 is 0 Å². The third-order valence-corrected chi connectivity index (χ3v) is 5.09. The lowest BCUT2D eigenvalue weighted by Crippen LogP contribution is -2.32. The SMILES string of the molecule is O=C1CCCCCN1CCCNc1nc(-c2cccnc2)nc2ccccc12. The van der Waals surface area contributed by atoms with E-state index < -0.39 is 0 Å². The van der Waals surface area contributed by atoms with Crippen LogP contribution in [0.5, 0.6) is 0 Å². The van der Waals surface area contributed by atoms with Crippen LogP contribution in [0, 0.1) is 0 Å². The summed E-state index contributed by atoms with van der Waals surface area (Å²) in [6, 6.07) is 11.9. The fourth-order valence-electron chi connectivity index (χ4n) is 3.59. The van der Waals surface area contributed by atoms with Crippen molar-refractivity contribution in [2.24, 2.45) is 0 Å². The third-order valence-electron chi connectivity index (χ3n) is 5.09. The first-order valence-electron chi connectivity index (χ1n) is 10.00. The Balaban J connectivity index is 1.47. The summed E-state index contributed by atoms with van der Waals surface area (Å²) in [6.07, 6.45) is 8.41. The molecule has 3 aromatic rings. The molecular formula is C22H25N5O. The highest BCUT2D eigenvalue weighted by molar-refractivity contribution is 5.90. The van der Waals surface area contributed by atoms with E-state index in [9.17, 15) is 4.79 Å². The molecule has 144 valence electrons. The number of likely N-dealkylation sites (tertiary alicyclic amines) is 1. The van der Waals surface area contributed by atoms with Crippen molar-refractivity contribution in [3.05, 3.63) is 48.8 Å². The molecular weight excluding hydrogens is 350 g/mol. The van der Waals surface area contributed by atoms with Crippen LogP contribution in [0.2, 0.25) is 0 Å². The maximum Gasteiger partial charge on any atom is 0.222 e. The Kier molecular flexibility index (Phi) is 5.75. The smallest absolute Gasteiger partial charge is 0.222 e. The lowest BCUT2D eigenvalue weighted by molar-refractivity contribution is -0.130. The minimum atomic E-state index is 0.295. The molecule has 1 aliphatic rings. The van der Waals surface area contributed by atoms with Gasteiger partial charge >= 0.3 is 0 Å². The zero-order valence-electron chi connectivity index (χ0n) is 16.0. The van der Waals surface area contributed by atoms with Gasteiger partial charge in [0.05, 0.1) is 5.52 Å². The molecule has 4 rings (SSSR count). The first kappa shape index (κ1) is 18.3. The summed E-state index contributed by atoms with van der Waals surface area (Å²) in [7, 11) is 0. The summed E-state index contributed by atoms with van der Waals surface area (Å²) in [5, 5.41) is 4.46. The van der Waals surface area contributed by atoms with Crippen LogP contribution in [0.15, 0.2) is 48.8 Å². The Morgan fingerprint density at radius 1 is 1.04 bits per heavy atom. The number of nitrogens with one attached hydrogen (secondary N) is 1. The number of pyridine rings is 1. The Labute approximate surface area is 165 Å². The number of para-hydroxylation sites is 1. The van der Waals surface area contributed by atoms with Gasteiger partial charge in [-0.15, -0.1) is 0 Å². The molecule has 0 atom stereocenters. The maximum atomic E-state index is 12.1. The van der Waals surface area contributed by atoms with Crippen molar-refractivity contribution in [3.8, 4) is 11.4 Å². The summed E-state index contributed by atoms with van der Waals surface area (Å²) in [4.78, 5) is 27.7. The van der Waals surface area contributed by atoms with E-state index >= 15 is 0 Å². The molecule has 1 N–H and O–H groups in total. The molecule has 0 radical (unpaired) electrons. The van der Waals surface area contributed by atoms with Gasteiger partial charge in [0.15, 0.2) is 5.82 Å². The number of carbonyl (C=O) groups excluding carboxylic acids is 1. The first-order valence-corrected chi connectivity index (χ1v) is 10.00. The topological polar surface area (TPSA) is 71.0 Å². The zero-order chi connectivity index (χ0) is 19.2. The molecule has 1 aliphatic heterocycles. The van der Waals surface area contributed by atoms with Gasteiger partial charge in [0.25, 0.3) is 0 Å². The standard InChI is InChI=1S/C22H25N5O/c28-20-11-2-1-5-14-27(20)15-7-13-24-22-18-9-3-4-10-19(18)25-21(26-22)17-8-6-12-23-16-17/h3-4,6,8-10,12,16H,1-2,5,7,11,13-15H2,(H,24,25,26). The highest BCUT2D eigenvalue weighted by atomic mass is 16.2. The molecule has 1 fully saturated rings. The van der Waals surface area contributed by atoms with Crippen molar-refractivity contribution in [3.63, 3.8) is 0 Å². The summed E-state index contributed by atoms with van der Waals surface area (Å²) in [5.41, 5.74) is 1.80. The molecule has 0 saturated carbocycles. The monoisotopic (exact) mass is 375 g/mol. The van der Waals surface area contributed by atoms with Crippen LogP contribution < -0.4 is 5.32 Å². The normalized spacial score (nSPS) is 14.9. The van der Waals surface area contributed by atoms with E-state index in [-0.39, 0.29) is 0 Å². The number of carbonyl (C=O) groups is 1.